The van der Waals surface area contributed by atoms with Crippen molar-refractivity contribution in [1.82, 2.24) is 8.96 Å². The van der Waals surface area contributed by atoms with Gasteiger partial charge in [0, 0.05) is 23.3 Å². The van der Waals surface area contributed by atoms with Crippen molar-refractivity contribution in [3.63, 3.8) is 0 Å². The van der Waals surface area contributed by atoms with E-state index in [1.165, 1.54) is 10.2 Å². The molecular formula is C17H15ClN2O2S. The number of nitrogens with zero attached hydrogens (tertiary/aromatic N) is 2. The maximum atomic E-state index is 12.8. The Hall–Kier alpha value is -2.11. The van der Waals surface area contributed by atoms with Crippen LogP contribution in [0.25, 0.3) is 17.1 Å². The van der Waals surface area contributed by atoms with E-state index in [0.717, 1.165) is 11.1 Å². The lowest BCUT2D eigenvalue weighted by Gasteiger charge is -2.08. The lowest BCUT2D eigenvalue weighted by Crippen LogP contribution is -2.12. The molecule has 3 aromatic rings. The molecule has 0 atom stereocenters. The fourth-order valence-corrected chi connectivity index (χ4v) is 3.92. The molecule has 0 radical (unpaired) electrons. The number of allylic oxidation sites excluding steroid dienone is 1. The zero-order valence-electron chi connectivity index (χ0n) is 12.7. The number of aryl methyl sites for hydroxylation is 1. The van der Waals surface area contributed by atoms with Crippen LogP contribution in [-0.2, 0) is 10.0 Å². The van der Waals surface area contributed by atoms with Gasteiger partial charge in [-0.05, 0) is 32.0 Å². The van der Waals surface area contributed by atoms with E-state index in [-0.39, 0.29) is 4.90 Å². The van der Waals surface area contributed by atoms with Gasteiger partial charge in [0.05, 0.1) is 9.92 Å². The highest BCUT2D eigenvalue weighted by Crippen LogP contribution is 2.29. The molecule has 2 aromatic heterocycles. The molecule has 4 nitrogen and oxygen atoms in total. The molecular weight excluding hydrogens is 332 g/mol. The average Bonchev–Trinajstić information content (AvgIpc) is 2.96. The second-order valence-corrected chi connectivity index (χ2v) is 7.39. The minimum absolute atomic E-state index is 0.219. The zero-order valence-corrected chi connectivity index (χ0v) is 14.3. The van der Waals surface area contributed by atoms with Crippen LogP contribution in [0.3, 0.4) is 0 Å². The summed E-state index contributed by atoms with van der Waals surface area (Å²) < 4.78 is 26.8. The molecule has 23 heavy (non-hydrogen) atoms. The Morgan fingerprint density at radius 3 is 2.52 bits per heavy atom. The summed E-state index contributed by atoms with van der Waals surface area (Å²) in [4.78, 5) is 4.50. The quantitative estimate of drug-likeness (QED) is 0.711. The lowest BCUT2D eigenvalue weighted by atomic mass is 10.2. The summed E-state index contributed by atoms with van der Waals surface area (Å²) in [7, 11) is -3.70. The van der Waals surface area contributed by atoms with E-state index >= 15 is 0 Å². The molecule has 0 spiro atoms. The highest BCUT2D eigenvalue weighted by Gasteiger charge is 2.20. The Bertz CT molecular complexity index is 1000. The summed E-state index contributed by atoms with van der Waals surface area (Å²) >= 11 is 6.35. The van der Waals surface area contributed by atoms with Crippen molar-refractivity contribution in [3.05, 3.63) is 65.0 Å². The fraction of sp³-hybridized carbons (Fsp3) is 0.118. The molecule has 0 amide bonds. The maximum Gasteiger partial charge on any atom is 0.269 e. The lowest BCUT2D eigenvalue weighted by molar-refractivity contribution is 0.588. The van der Waals surface area contributed by atoms with E-state index in [0.29, 0.717) is 16.1 Å². The maximum absolute atomic E-state index is 12.8. The van der Waals surface area contributed by atoms with Gasteiger partial charge in [-0.3, -0.25) is 0 Å². The monoisotopic (exact) mass is 346 g/mol. The van der Waals surface area contributed by atoms with Crippen molar-refractivity contribution in [3.8, 4) is 0 Å². The van der Waals surface area contributed by atoms with Crippen LogP contribution in [0.4, 0.5) is 0 Å². The fourth-order valence-electron chi connectivity index (χ4n) is 2.36. The van der Waals surface area contributed by atoms with Gasteiger partial charge in [-0.2, -0.15) is 0 Å². The normalized spacial score (nSPS) is 12.3. The number of benzene rings is 1. The van der Waals surface area contributed by atoms with Crippen molar-refractivity contribution >= 4 is 38.7 Å². The number of pyridine rings is 1. The first-order chi connectivity index (χ1) is 10.9. The van der Waals surface area contributed by atoms with Crippen LogP contribution in [0.15, 0.2) is 53.7 Å². The molecule has 0 unspecified atom stereocenters. The van der Waals surface area contributed by atoms with E-state index < -0.39 is 10.0 Å². The molecule has 0 saturated carbocycles. The van der Waals surface area contributed by atoms with Crippen LogP contribution < -0.4 is 0 Å². The summed E-state index contributed by atoms with van der Waals surface area (Å²) in [6.07, 6.45) is 6.75. The Labute approximate surface area is 140 Å². The third-order valence-corrected chi connectivity index (χ3v) is 5.67. The third-order valence-electron chi connectivity index (χ3n) is 3.57. The number of halogens is 1. The van der Waals surface area contributed by atoms with Gasteiger partial charge in [0.1, 0.15) is 0 Å². The largest absolute Gasteiger partial charge is 0.269 e. The first-order valence-corrected chi connectivity index (χ1v) is 8.87. The van der Waals surface area contributed by atoms with E-state index in [1.54, 1.807) is 36.5 Å². The minimum atomic E-state index is -3.70. The summed E-state index contributed by atoms with van der Waals surface area (Å²) in [6, 6.07) is 8.38. The molecule has 0 saturated heterocycles. The van der Waals surface area contributed by atoms with Crippen LogP contribution in [0.1, 0.15) is 18.1 Å². The predicted octanol–water partition coefficient (Wildman–Crippen LogP) is 4.27. The van der Waals surface area contributed by atoms with Gasteiger partial charge in [0.25, 0.3) is 10.0 Å². The summed E-state index contributed by atoms with van der Waals surface area (Å²) in [5, 5.41) is 1.10. The summed E-state index contributed by atoms with van der Waals surface area (Å²) in [5.74, 6) is 0. The molecule has 0 bridgehead atoms. The van der Waals surface area contributed by atoms with Gasteiger partial charge in [-0.25, -0.2) is 17.4 Å². The molecule has 2 heterocycles. The number of rotatable bonds is 3. The highest BCUT2D eigenvalue weighted by molar-refractivity contribution is 7.90. The van der Waals surface area contributed by atoms with Crippen LogP contribution >= 0.6 is 11.6 Å². The second kappa shape index (κ2) is 5.83. The Kier molecular flexibility index (Phi) is 4.00. The number of hydrogen-bond donors (Lipinski definition) is 0. The Balaban J connectivity index is 2.21. The Morgan fingerprint density at radius 2 is 1.87 bits per heavy atom. The summed E-state index contributed by atoms with van der Waals surface area (Å²) in [5.41, 5.74) is 2.08. The molecule has 6 heteroatoms. The molecule has 0 N–H and O–H groups in total. The minimum Gasteiger partial charge on any atom is -0.237 e. The SMILES string of the molecule is C/C=C/c1cnc2c(ccn2S(=O)(=O)c2ccc(C)cc2)c1Cl. The smallest absolute Gasteiger partial charge is 0.237 e. The van der Waals surface area contributed by atoms with Crippen molar-refractivity contribution < 1.29 is 8.42 Å². The second-order valence-electron chi connectivity index (χ2n) is 5.19. The number of fused-ring (bicyclic) bond motifs is 1. The van der Waals surface area contributed by atoms with Crippen molar-refractivity contribution in [1.29, 1.82) is 0 Å². The van der Waals surface area contributed by atoms with E-state index in [2.05, 4.69) is 4.98 Å². The molecule has 0 aliphatic rings. The van der Waals surface area contributed by atoms with E-state index in [4.69, 9.17) is 11.6 Å². The van der Waals surface area contributed by atoms with E-state index in [9.17, 15) is 8.42 Å². The molecule has 0 aliphatic heterocycles. The predicted molar refractivity (Wildman–Crippen MR) is 93.2 cm³/mol. The topological polar surface area (TPSA) is 52.0 Å². The standard InChI is InChI=1S/C17H15ClN2O2S/c1-3-4-13-11-19-17-15(16(13)18)9-10-20(17)23(21,22)14-7-5-12(2)6-8-14/h3-11H,1-2H3/b4-3+. The third kappa shape index (κ3) is 2.66. The molecule has 118 valence electrons. The van der Waals surface area contributed by atoms with Crippen molar-refractivity contribution in [2.75, 3.05) is 0 Å². The zero-order chi connectivity index (χ0) is 16.6. The molecule has 0 aliphatic carbocycles. The van der Waals surface area contributed by atoms with Gasteiger partial charge in [-0.1, -0.05) is 41.4 Å². The van der Waals surface area contributed by atoms with Crippen LogP contribution in [0.2, 0.25) is 5.02 Å². The van der Waals surface area contributed by atoms with Gasteiger partial charge >= 0.3 is 0 Å². The van der Waals surface area contributed by atoms with Crippen LogP contribution in [-0.4, -0.2) is 17.4 Å². The van der Waals surface area contributed by atoms with Gasteiger partial charge in [-0.15, -0.1) is 0 Å². The van der Waals surface area contributed by atoms with Crippen molar-refractivity contribution in [2.24, 2.45) is 0 Å². The Morgan fingerprint density at radius 1 is 1.17 bits per heavy atom. The average molecular weight is 347 g/mol. The number of aromatic nitrogens is 2. The molecule has 3 rings (SSSR count). The van der Waals surface area contributed by atoms with Gasteiger partial charge in [0.2, 0.25) is 0 Å². The van der Waals surface area contributed by atoms with E-state index in [1.807, 2.05) is 26.0 Å². The number of hydrogen-bond acceptors (Lipinski definition) is 3. The first-order valence-electron chi connectivity index (χ1n) is 7.05. The van der Waals surface area contributed by atoms with Crippen LogP contribution in [0, 0.1) is 6.92 Å². The molecule has 1 aromatic carbocycles. The first kappa shape index (κ1) is 15.8. The highest BCUT2D eigenvalue weighted by atomic mass is 35.5. The molecule has 0 fully saturated rings. The van der Waals surface area contributed by atoms with Crippen LogP contribution in [0.5, 0.6) is 0 Å². The summed E-state index contributed by atoms with van der Waals surface area (Å²) in [6.45, 7) is 3.79. The van der Waals surface area contributed by atoms with Gasteiger partial charge < -0.3 is 0 Å². The van der Waals surface area contributed by atoms with Gasteiger partial charge in [0.15, 0.2) is 5.65 Å². The van der Waals surface area contributed by atoms with Crippen molar-refractivity contribution in [2.45, 2.75) is 18.7 Å².